The van der Waals surface area contributed by atoms with E-state index in [4.69, 9.17) is 5.26 Å². The third-order valence-electron chi connectivity index (χ3n) is 2.31. The molecular formula is C15H14N2O5. The monoisotopic (exact) mass is 302 g/mol. The zero-order chi connectivity index (χ0) is 16.4. The number of hydrogen-bond donors (Lipinski definition) is 1. The first kappa shape index (κ1) is 16.9. The first-order valence-electron chi connectivity index (χ1n) is 6.37. The summed E-state index contributed by atoms with van der Waals surface area (Å²) in [5.74, 6) is -2.12. The number of benzene rings is 1. The summed E-state index contributed by atoms with van der Waals surface area (Å²) >= 11 is 0. The molecule has 0 aliphatic heterocycles. The number of nitriles is 1. The lowest BCUT2D eigenvalue weighted by atomic mass is 10.2. The van der Waals surface area contributed by atoms with Gasteiger partial charge in [0.1, 0.15) is 6.07 Å². The van der Waals surface area contributed by atoms with Gasteiger partial charge in [0.2, 0.25) is 0 Å². The van der Waals surface area contributed by atoms with Crippen molar-refractivity contribution >= 4 is 23.5 Å². The zero-order valence-corrected chi connectivity index (χ0v) is 11.9. The van der Waals surface area contributed by atoms with E-state index >= 15 is 0 Å². The van der Waals surface area contributed by atoms with Crippen LogP contribution in [0.3, 0.4) is 0 Å². The summed E-state index contributed by atoms with van der Waals surface area (Å²) in [6.07, 6.45) is 1.78. The van der Waals surface area contributed by atoms with Gasteiger partial charge in [0.25, 0.3) is 5.91 Å². The molecule has 1 aromatic rings. The minimum Gasteiger partial charge on any atom is -0.463 e. The van der Waals surface area contributed by atoms with Gasteiger partial charge in [-0.3, -0.25) is 4.79 Å². The number of hydrogen-bond acceptors (Lipinski definition) is 6. The van der Waals surface area contributed by atoms with E-state index in [9.17, 15) is 14.4 Å². The molecule has 0 atom stereocenters. The Kier molecular flexibility index (Phi) is 6.86. The summed E-state index contributed by atoms with van der Waals surface area (Å²) in [5, 5.41) is 11.3. The van der Waals surface area contributed by atoms with E-state index in [1.54, 1.807) is 31.2 Å². The van der Waals surface area contributed by atoms with E-state index in [0.717, 1.165) is 12.2 Å². The second-order valence-corrected chi connectivity index (χ2v) is 3.90. The van der Waals surface area contributed by atoms with Crippen molar-refractivity contribution in [3.63, 3.8) is 0 Å². The van der Waals surface area contributed by atoms with Crippen LogP contribution in [0.25, 0.3) is 0 Å². The first-order chi connectivity index (χ1) is 10.6. The minimum absolute atomic E-state index is 0.193. The quantitative estimate of drug-likeness (QED) is 0.624. The first-order valence-corrected chi connectivity index (χ1v) is 6.37. The van der Waals surface area contributed by atoms with Crippen LogP contribution in [0.15, 0.2) is 36.4 Å². The summed E-state index contributed by atoms with van der Waals surface area (Å²) < 4.78 is 9.23. The normalized spacial score (nSPS) is 9.82. The molecule has 0 saturated heterocycles. The van der Waals surface area contributed by atoms with Gasteiger partial charge in [0.05, 0.1) is 17.9 Å². The molecule has 0 aliphatic carbocycles. The fourth-order valence-corrected chi connectivity index (χ4v) is 1.39. The fraction of sp³-hybridized carbons (Fsp3) is 0.200. The van der Waals surface area contributed by atoms with Crippen LogP contribution in [-0.4, -0.2) is 31.1 Å². The second-order valence-electron chi connectivity index (χ2n) is 3.90. The summed E-state index contributed by atoms with van der Waals surface area (Å²) in [6, 6.07) is 8.34. The van der Waals surface area contributed by atoms with Crippen LogP contribution in [0.5, 0.6) is 0 Å². The van der Waals surface area contributed by atoms with E-state index in [1.807, 2.05) is 6.07 Å². The maximum absolute atomic E-state index is 11.6. The van der Waals surface area contributed by atoms with Crippen LogP contribution in [-0.2, 0) is 23.9 Å². The topological polar surface area (TPSA) is 105 Å². The predicted molar refractivity (Wildman–Crippen MR) is 76.5 cm³/mol. The molecule has 0 bridgehead atoms. The lowest BCUT2D eigenvalue weighted by Gasteiger charge is -2.06. The van der Waals surface area contributed by atoms with Crippen LogP contribution in [0.1, 0.15) is 12.5 Å². The SMILES string of the molecule is CCOC(=O)/C=C/C(=O)OCC(=O)Nc1ccccc1C#N. The Morgan fingerprint density at radius 2 is 1.82 bits per heavy atom. The highest BCUT2D eigenvalue weighted by atomic mass is 16.5. The number of ether oxygens (including phenoxy) is 2. The predicted octanol–water partition coefficient (Wildman–Crippen LogP) is 1.16. The van der Waals surface area contributed by atoms with Crippen molar-refractivity contribution in [2.24, 2.45) is 0 Å². The maximum Gasteiger partial charge on any atom is 0.331 e. The number of amides is 1. The van der Waals surface area contributed by atoms with Crippen molar-refractivity contribution in [3.8, 4) is 6.07 Å². The van der Waals surface area contributed by atoms with Crippen molar-refractivity contribution in [2.45, 2.75) is 6.92 Å². The Morgan fingerprint density at radius 1 is 1.18 bits per heavy atom. The van der Waals surface area contributed by atoms with Gasteiger partial charge >= 0.3 is 11.9 Å². The summed E-state index contributed by atoms with van der Waals surface area (Å²) in [7, 11) is 0. The smallest absolute Gasteiger partial charge is 0.331 e. The van der Waals surface area contributed by atoms with Gasteiger partial charge in [-0.2, -0.15) is 5.26 Å². The summed E-state index contributed by atoms with van der Waals surface area (Å²) in [5.41, 5.74) is 0.623. The number of carbonyl (C=O) groups excluding carboxylic acids is 3. The highest BCUT2D eigenvalue weighted by molar-refractivity contribution is 5.96. The molecular weight excluding hydrogens is 288 g/mol. The van der Waals surface area contributed by atoms with E-state index in [0.29, 0.717) is 11.3 Å². The van der Waals surface area contributed by atoms with Crippen molar-refractivity contribution in [3.05, 3.63) is 42.0 Å². The van der Waals surface area contributed by atoms with Gasteiger partial charge < -0.3 is 14.8 Å². The van der Waals surface area contributed by atoms with Crippen molar-refractivity contribution < 1.29 is 23.9 Å². The van der Waals surface area contributed by atoms with Crippen LogP contribution in [0.4, 0.5) is 5.69 Å². The van der Waals surface area contributed by atoms with Crippen LogP contribution in [0.2, 0.25) is 0 Å². The van der Waals surface area contributed by atoms with Gasteiger partial charge in [-0.1, -0.05) is 12.1 Å². The number of rotatable bonds is 6. The number of esters is 2. The molecule has 0 fully saturated rings. The number of nitrogens with zero attached hydrogens (tertiary/aromatic N) is 1. The van der Waals surface area contributed by atoms with Crippen molar-refractivity contribution in [2.75, 3.05) is 18.5 Å². The van der Waals surface area contributed by atoms with Crippen LogP contribution in [0, 0.1) is 11.3 Å². The Morgan fingerprint density at radius 3 is 2.45 bits per heavy atom. The molecule has 0 saturated carbocycles. The Balaban J connectivity index is 2.45. The molecule has 7 heteroatoms. The lowest BCUT2D eigenvalue weighted by molar-refractivity contribution is -0.143. The highest BCUT2D eigenvalue weighted by Crippen LogP contribution is 2.13. The maximum atomic E-state index is 11.6. The molecule has 0 unspecified atom stereocenters. The van der Waals surface area contributed by atoms with E-state index in [-0.39, 0.29) is 6.61 Å². The molecule has 114 valence electrons. The highest BCUT2D eigenvalue weighted by Gasteiger charge is 2.08. The number of anilines is 1. The standard InChI is InChI=1S/C15H14N2O5/c1-2-21-14(19)7-8-15(20)22-10-13(18)17-12-6-4-3-5-11(12)9-16/h3-8H,2,10H2,1H3,(H,17,18)/b8-7+. The second kappa shape index (κ2) is 8.92. The number of para-hydroxylation sites is 1. The molecule has 1 amide bonds. The third kappa shape index (κ3) is 5.88. The molecule has 0 spiro atoms. The molecule has 1 N–H and O–H groups in total. The largest absolute Gasteiger partial charge is 0.463 e. The van der Waals surface area contributed by atoms with Gasteiger partial charge in [-0.25, -0.2) is 9.59 Å². The molecule has 7 nitrogen and oxygen atoms in total. The average molecular weight is 302 g/mol. The molecule has 1 rings (SSSR count). The van der Waals surface area contributed by atoms with Gasteiger partial charge in [-0.15, -0.1) is 0 Å². The van der Waals surface area contributed by atoms with Gasteiger partial charge in [0.15, 0.2) is 6.61 Å². The Bertz CT molecular complexity index is 631. The molecule has 0 aromatic heterocycles. The molecule has 0 aliphatic rings. The molecule has 0 heterocycles. The average Bonchev–Trinajstić information content (AvgIpc) is 2.51. The van der Waals surface area contributed by atoms with Crippen LogP contribution >= 0.6 is 0 Å². The Labute approximate surface area is 127 Å². The minimum atomic E-state index is -0.850. The van der Waals surface area contributed by atoms with E-state index in [1.165, 1.54) is 0 Å². The summed E-state index contributed by atoms with van der Waals surface area (Å²) in [6.45, 7) is 1.29. The number of nitrogens with one attached hydrogen (secondary N) is 1. The van der Waals surface area contributed by atoms with Crippen molar-refractivity contribution in [1.82, 2.24) is 0 Å². The molecule has 22 heavy (non-hydrogen) atoms. The third-order valence-corrected chi connectivity index (χ3v) is 2.31. The van der Waals surface area contributed by atoms with E-state index < -0.39 is 24.5 Å². The Hall–Kier alpha value is -3.14. The van der Waals surface area contributed by atoms with Gasteiger partial charge in [0, 0.05) is 12.2 Å². The summed E-state index contributed by atoms with van der Waals surface area (Å²) in [4.78, 5) is 33.9. The lowest BCUT2D eigenvalue weighted by Crippen LogP contribution is -2.20. The zero-order valence-electron chi connectivity index (χ0n) is 11.9. The van der Waals surface area contributed by atoms with Gasteiger partial charge in [-0.05, 0) is 19.1 Å². The van der Waals surface area contributed by atoms with Crippen molar-refractivity contribution in [1.29, 1.82) is 5.26 Å². The fourth-order valence-electron chi connectivity index (χ4n) is 1.39. The van der Waals surface area contributed by atoms with Crippen LogP contribution < -0.4 is 5.32 Å². The molecule has 1 aromatic carbocycles. The molecule has 0 radical (unpaired) electrons. The number of carbonyl (C=O) groups is 3. The van der Waals surface area contributed by atoms with E-state index in [2.05, 4.69) is 14.8 Å².